The Labute approximate surface area is 108 Å². The zero-order valence-corrected chi connectivity index (χ0v) is 12.5. The SMILES string of the molecule is CCC1CC(C)CC2(CC)C(C)(C3CC3)C12C. The minimum atomic E-state index is 0.678. The van der Waals surface area contributed by atoms with E-state index in [1.54, 1.807) is 0 Å². The maximum Gasteiger partial charge on any atom is -0.0173 e. The molecule has 0 bridgehead atoms. The molecule has 0 aromatic rings. The van der Waals surface area contributed by atoms with E-state index in [4.69, 9.17) is 0 Å². The number of fused-ring (bicyclic) bond motifs is 1. The maximum absolute atomic E-state index is 2.66. The highest BCUT2D eigenvalue weighted by molar-refractivity contribution is 5.33. The van der Waals surface area contributed by atoms with Crippen molar-refractivity contribution in [3.05, 3.63) is 0 Å². The number of hydrogen-bond donors (Lipinski definition) is 0. The van der Waals surface area contributed by atoms with Crippen LogP contribution < -0.4 is 0 Å². The van der Waals surface area contributed by atoms with Crippen molar-refractivity contribution in [2.45, 2.75) is 73.1 Å². The van der Waals surface area contributed by atoms with Crippen molar-refractivity contribution >= 4 is 0 Å². The predicted molar refractivity (Wildman–Crippen MR) is 73.8 cm³/mol. The first-order valence-electron chi connectivity index (χ1n) is 7.98. The normalized spacial score (nSPS) is 57.7. The Morgan fingerprint density at radius 1 is 1.06 bits per heavy atom. The molecular formula is C17H30. The molecule has 3 rings (SSSR count). The smallest absolute Gasteiger partial charge is 0.0173 e. The van der Waals surface area contributed by atoms with Gasteiger partial charge in [0.25, 0.3) is 0 Å². The van der Waals surface area contributed by atoms with Gasteiger partial charge in [-0.1, -0.05) is 41.0 Å². The minimum Gasteiger partial charge on any atom is -0.0651 e. The van der Waals surface area contributed by atoms with Gasteiger partial charge in [-0.15, -0.1) is 0 Å². The molecule has 0 radical (unpaired) electrons. The van der Waals surface area contributed by atoms with E-state index in [1.807, 2.05) is 0 Å². The lowest BCUT2D eigenvalue weighted by Crippen LogP contribution is -2.29. The molecular weight excluding hydrogens is 204 g/mol. The van der Waals surface area contributed by atoms with E-state index in [1.165, 1.54) is 38.5 Å². The maximum atomic E-state index is 2.66. The molecule has 3 aliphatic carbocycles. The molecule has 17 heavy (non-hydrogen) atoms. The van der Waals surface area contributed by atoms with E-state index in [9.17, 15) is 0 Å². The van der Waals surface area contributed by atoms with Crippen LogP contribution in [0.5, 0.6) is 0 Å². The molecule has 0 N–H and O–H groups in total. The summed E-state index contributed by atoms with van der Waals surface area (Å²) in [4.78, 5) is 0. The molecule has 0 aromatic heterocycles. The standard InChI is InChI=1S/C17H30/c1-6-13-10-12(3)11-17(7-2)15(13,4)16(17,5)14-8-9-14/h12-14H,6-11H2,1-5H3. The van der Waals surface area contributed by atoms with Crippen LogP contribution in [-0.4, -0.2) is 0 Å². The third-order valence-corrected chi connectivity index (χ3v) is 7.70. The monoisotopic (exact) mass is 234 g/mol. The van der Waals surface area contributed by atoms with Crippen LogP contribution in [0.3, 0.4) is 0 Å². The van der Waals surface area contributed by atoms with Crippen LogP contribution in [0.2, 0.25) is 0 Å². The molecule has 0 amide bonds. The molecule has 0 spiro atoms. The third-order valence-electron chi connectivity index (χ3n) is 7.70. The van der Waals surface area contributed by atoms with E-state index in [-0.39, 0.29) is 0 Å². The Hall–Kier alpha value is 0. The van der Waals surface area contributed by atoms with Gasteiger partial charge in [0.15, 0.2) is 0 Å². The lowest BCUT2D eigenvalue weighted by molar-refractivity contribution is 0.118. The van der Waals surface area contributed by atoms with E-state index in [0.717, 1.165) is 17.8 Å². The fourth-order valence-corrected chi connectivity index (χ4v) is 6.72. The molecule has 0 heterocycles. The third kappa shape index (κ3) is 1.08. The van der Waals surface area contributed by atoms with Crippen molar-refractivity contribution < 1.29 is 0 Å². The van der Waals surface area contributed by atoms with Gasteiger partial charge >= 0.3 is 0 Å². The second-order valence-corrected chi connectivity index (χ2v) is 7.76. The quantitative estimate of drug-likeness (QED) is 0.623. The van der Waals surface area contributed by atoms with Crippen LogP contribution in [0.1, 0.15) is 73.1 Å². The van der Waals surface area contributed by atoms with Crippen molar-refractivity contribution in [3.8, 4) is 0 Å². The molecule has 0 saturated heterocycles. The van der Waals surface area contributed by atoms with Gasteiger partial charge in [-0.3, -0.25) is 0 Å². The molecule has 3 fully saturated rings. The Kier molecular flexibility index (Phi) is 2.34. The van der Waals surface area contributed by atoms with Gasteiger partial charge in [-0.25, -0.2) is 0 Å². The zero-order valence-electron chi connectivity index (χ0n) is 12.5. The first-order chi connectivity index (χ1) is 7.98. The van der Waals surface area contributed by atoms with Crippen LogP contribution in [0.25, 0.3) is 0 Å². The van der Waals surface area contributed by atoms with Gasteiger partial charge in [-0.05, 0) is 66.1 Å². The van der Waals surface area contributed by atoms with Crippen molar-refractivity contribution in [1.29, 1.82) is 0 Å². The van der Waals surface area contributed by atoms with E-state index in [2.05, 4.69) is 34.6 Å². The molecule has 0 aromatic carbocycles. The predicted octanol–water partition coefficient (Wildman–Crippen LogP) is 5.28. The van der Waals surface area contributed by atoms with Gasteiger partial charge in [-0.2, -0.15) is 0 Å². The molecule has 0 nitrogen and oxygen atoms in total. The van der Waals surface area contributed by atoms with Crippen molar-refractivity contribution in [3.63, 3.8) is 0 Å². The molecule has 0 aliphatic heterocycles. The Morgan fingerprint density at radius 2 is 1.71 bits per heavy atom. The van der Waals surface area contributed by atoms with Gasteiger partial charge in [0.2, 0.25) is 0 Å². The minimum absolute atomic E-state index is 0.678. The average Bonchev–Trinajstić information content (AvgIpc) is 3.19. The summed E-state index contributed by atoms with van der Waals surface area (Å²) in [7, 11) is 0. The van der Waals surface area contributed by atoms with Crippen LogP contribution in [-0.2, 0) is 0 Å². The van der Waals surface area contributed by atoms with Gasteiger partial charge in [0.05, 0.1) is 0 Å². The highest BCUT2D eigenvalue weighted by atomic mass is 14.9. The van der Waals surface area contributed by atoms with Gasteiger partial charge < -0.3 is 0 Å². The van der Waals surface area contributed by atoms with Crippen LogP contribution >= 0.6 is 0 Å². The van der Waals surface area contributed by atoms with Crippen molar-refractivity contribution in [2.24, 2.45) is 34.0 Å². The first-order valence-corrected chi connectivity index (χ1v) is 7.98. The largest absolute Gasteiger partial charge is 0.0651 e. The Balaban J connectivity index is 2.02. The summed E-state index contributed by atoms with van der Waals surface area (Å²) < 4.78 is 0. The topological polar surface area (TPSA) is 0 Å². The molecule has 98 valence electrons. The van der Waals surface area contributed by atoms with E-state index in [0.29, 0.717) is 16.2 Å². The first kappa shape index (κ1) is 12.1. The van der Waals surface area contributed by atoms with Crippen LogP contribution in [0.4, 0.5) is 0 Å². The fraction of sp³-hybridized carbons (Fsp3) is 1.00. The zero-order chi connectivity index (χ0) is 12.5. The molecule has 0 heteroatoms. The van der Waals surface area contributed by atoms with E-state index < -0.39 is 0 Å². The average molecular weight is 234 g/mol. The Bertz CT molecular complexity index is 323. The Morgan fingerprint density at radius 3 is 2.18 bits per heavy atom. The van der Waals surface area contributed by atoms with Crippen molar-refractivity contribution in [2.75, 3.05) is 0 Å². The van der Waals surface area contributed by atoms with Gasteiger partial charge in [0.1, 0.15) is 0 Å². The highest BCUT2D eigenvalue weighted by Gasteiger charge is 2.85. The molecule has 5 atom stereocenters. The highest BCUT2D eigenvalue weighted by Crippen LogP contribution is 2.91. The number of rotatable bonds is 3. The summed E-state index contributed by atoms with van der Waals surface area (Å²) in [5.74, 6) is 3.04. The summed E-state index contributed by atoms with van der Waals surface area (Å²) in [6.45, 7) is 12.7. The summed E-state index contributed by atoms with van der Waals surface area (Å²) in [6, 6.07) is 0. The molecule has 3 aliphatic rings. The second kappa shape index (κ2) is 3.31. The lowest BCUT2D eigenvalue weighted by Gasteiger charge is -2.37. The molecule has 5 unspecified atom stereocenters. The van der Waals surface area contributed by atoms with Crippen molar-refractivity contribution in [1.82, 2.24) is 0 Å². The number of hydrogen-bond acceptors (Lipinski definition) is 0. The summed E-state index contributed by atoms with van der Waals surface area (Å²) in [6.07, 6.45) is 8.90. The summed E-state index contributed by atoms with van der Waals surface area (Å²) in [5.41, 5.74) is 2.08. The molecule has 3 saturated carbocycles. The van der Waals surface area contributed by atoms with Crippen LogP contribution in [0, 0.1) is 34.0 Å². The summed E-state index contributed by atoms with van der Waals surface area (Å²) in [5, 5.41) is 0. The lowest BCUT2D eigenvalue weighted by atomic mass is 9.67. The van der Waals surface area contributed by atoms with E-state index >= 15 is 0 Å². The fourth-order valence-electron chi connectivity index (χ4n) is 6.72. The second-order valence-electron chi connectivity index (χ2n) is 7.76. The van der Waals surface area contributed by atoms with Gasteiger partial charge in [0, 0.05) is 0 Å². The van der Waals surface area contributed by atoms with Crippen LogP contribution in [0.15, 0.2) is 0 Å². The summed E-state index contributed by atoms with van der Waals surface area (Å²) >= 11 is 0.